The fourth-order valence-electron chi connectivity index (χ4n) is 1.75. The van der Waals surface area contributed by atoms with Crippen LogP contribution in [0.3, 0.4) is 0 Å². The maximum Gasteiger partial charge on any atom is 0.174 e. The Morgan fingerprint density at radius 2 is 1.84 bits per heavy atom. The Bertz CT molecular complexity index is 520. The molecule has 0 radical (unpaired) electrons. The van der Waals surface area contributed by atoms with E-state index in [0.717, 1.165) is 5.56 Å². The molecule has 2 aromatic carbocycles. The average Bonchev–Trinajstić information content (AvgIpc) is 2.39. The molecule has 4 heteroatoms. The highest BCUT2D eigenvalue weighted by atomic mass is 35.5. The van der Waals surface area contributed by atoms with E-state index in [1.165, 1.54) is 6.07 Å². The molecule has 0 aliphatic rings. The summed E-state index contributed by atoms with van der Waals surface area (Å²) in [4.78, 5) is 0. The maximum absolute atomic E-state index is 13.8. The Labute approximate surface area is 116 Å². The third-order valence-electron chi connectivity index (χ3n) is 2.68. The van der Waals surface area contributed by atoms with Crippen LogP contribution in [-0.2, 0) is 13.0 Å². The van der Waals surface area contributed by atoms with Gasteiger partial charge in [-0.15, -0.1) is 0 Å². The first kappa shape index (κ1) is 13.8. The second-order valence-electron chi connectivity index (χ2n) is 4.14. The van der Waals surface area contributed by atoms with Crippen molar-refractivity contribution in [3.63, 3.8) is 0 Å². The molecule has 0 aliphatic heterocycles. The molecule has 100 valence electrons. The van der Waals surface area contributed by atoms with Crippen molar-refractivity contribution in [2.45, 2.75) is 13.0 Å². The van der Waals surface area contributed by atoms with Gasteiger partial charge in [0.2, 0.25) is 0 Å². The second-order valence-corrected chi connectivity index (χ2v) is 4.54. The van der Waals surface area contributed by atoms with Crippen molar-refractivity contribution < 1.29 is 14.2 Å². The van der Waals surface area contributed by atoms with Crippen molar-refractivity contribution in [2.24, 2.45) is 0 Å². The van der Waals surface area contributed by atoms with E-state index in [1.54, 1.807) is 6.07 Å². The van der Waals surface area contributed by atoms with Crippen LogP contribution in [0, 0.1) is 5.82 Å². The summed E-state index contributed by atoms with van der Waals surface area (Å²) in [5, 5.41) is 9.05. The first-order valence-corrected chi connectivity index (χ1v) is 6.34. The SMILES string of the molecule is OCCc1cc(F)c(OCc2ccccc2)c(Cl)c1. The molecular weight excluding hydrogens is 267 g/mol. The van der Waals surface area contributed by atoms with Crippen LogP contribution >= 0.6 is 11.6 Å². The monoisotopic (exact) mass is 280 g/mol. The van der Waals surface area contributed by atoms with E-state index in [0.29, 0.717) is 12.0 Å². The minimum absolute atomic E-state index is 0.0417. The Balaban J connectivity index is 2.12. The third kappa shape index (κ3) is 3.69. The summed E-state index contributed by atoms with van der Waals surface area (Å²) in [5.41, 5.74) is 1.59. The van der Waals surface area contributed by atoms with Gasteiger partial charge in [0.25, 0.3) is 0 Å². The largest absolute Gasteiger partial charge is 0.484 e. The lowest BCUT2D eigenvalue weighted by atomic mass is 10.1. The van der Waals surface area contributed by atoms with Gasteiger partial charge in [-0.1, -0.05) is 41.9 Å². The second kappa shape index (κ2) is 6.55. The molecule has 0 amide bonds. The van der Waals surface area contributed by atoms with Crippen LogP contribution in [0.4, 0.5) is 4.39 Å². The zero-order valence-corrected chi connectivity index (χ0v) is 11.0. The van der Waals surface area contributed by atoms with Gasteiger partial charge in [-0.3, -0.25) is 0 Å². The standard InChI is InChI=1S/C15H14ClFO2/c16-13-8-12(6-7-18)9-14(17)15(13)19-10-11-4-2-1-3-5-11/h1-5,8-9,18H,6-7,10H2. The Hall–Kier alpha value is -1.58. The van der Waals surface area contributed by atoms with Gasteiger partial charge in [0, 0.05) is 6.61 Å². The molecule has 0 atom stereocenters. The van der Waals surface area contributed by atoms with Gasteiger partial charge >= 0.3 is 0 Å². The van der Waals surface area contributed by atoms with Gasteiger partial charge in [0.05, 0.1) is 5.02 Å². The molecule has 2 nitrogen and oxygen atoms in total. The number of benzene rings is 2. The van der Waals surface area contributed by atoms with Crippen LogP contribution in [0.15, 0.2) is 42.5 Å². The molecule has 2 aromatic rings. The van der Waals surface area contributed by atoms with Gasteiger partial charge in [-0.25, -0.2) is 4.39 Å². The van der Waals surface area contributed by atoms with Crippen molar-refractivity contribution in [2.75, 3.05) is 6.61 Å². The minimum Gasteiger partial charge on any atom is -0.484 e. The molecule has 2 rings (SSSR count). The molecule has 0 aromatic heterocycles. The van der Waals surface area contributed by atoms with Gasteiger partial charge in [0.15, 0.2) is 11.6 Å². The molecular formula is C15H14ClFO2. The minimum atomic E-state index is -0.508. The van der Waals surface area contributed by atoms with Crippen molar-refractivity contribution in [3.05, 3.63) is 64.4 Å². The Kier molecular flexibility index (Phi) is 4.77. The van der Waals surface area contributed by atoms with Crippen LogP contribution in [0.2, 0.25) is 5.02 Å². The van der Waals surface area contributed by atoms with Crippen LogP contribution in [0.1, 0.15) is 11.1 Å². The highest BCUT2D eigenvalue weighted by Crippen LogP contribution is 2.30. The fraction of sp³-hybridized carbons (Fsp3) is 0.200. The van der Waals surface area contributed by atoms with Crippen molar-refractivity contribution in [3.8, 4) is 5.75 Å². The summed E-state index contributed by atoms with van der Waals surface area (Å²) < 4.78 is 19.3. The van der Waals surface area contributed by atoms with E-state index in [4.69, 9.17) is 21.4 Å². The highest BCUT2D eigenvalue weighted by molar-refractivity contribution is 6.32. The van der Waals surface area contributed by atoms with E-state index >= 15 is 0 Å². The molecule has 0 spiro atoms. The lowest BCUT2D eigenvalue weighted by molar-refractivity contribution is 0.288. The van der Waals surface area contributed by atoms with Crippen LogP contribution < -0.4 is 4.74 Å². The normalized spacial score (nSPS) is 10.5. The number of ether oxygens (including phenoxy) is 1. The number of aliphatic hydroxyl groups excluding tert-OH is 1. The summed E-state index contributed by atoms with van der Waals surface area (Å²) in [6.45, 7) is 0.219. The summed E-state index contributed by atoms with van der Waals surface area (Å²) in [6, 6.07) is 12.4. The first-order chi connectivity index (χ1) is 9.20. The smallest absolute Gasteiger partial charge is 0.174 e. The van der Waals surface area contributed by atoms with Crippen LogP contribution in [0.25, 0.3) is 0 Å². The lowest BCUT2D eigenvalue weighted by Crippen LogP contribution is -2.00. The summed E-state index contributed by atoms with van der Waals surface area (Å²) in [5.74, 6) is -0.459. The quantitative estimate of drug-likeness (QED) is 0.907. The third-order valence-corrected chi connectivity index (χ3v) is 2.97. The van der Waals surface area contributed by atoms with Gasteiger partial charge in [-0.2, -0.15) is 0 Å². The van der Waals surface area contributed by atoms with Crippen LogP contribution in [0.5, 0.6) is 5.75 Å². The topological polar surface area (TPSA) is 29.5 Å². The number of hydrogen-bond acceptors (Lipinski definition) is 2. The van der Waals surface area contributed by atoms with Crippen LogP contribution in [-0.4, -0.2) is 11.7 Å². The zero-order valence-electron chi connectivity index (χ0n) is 10.3. The van der Waals surface area contributed by atoms with E-state index in [1.807, 2.05) is 30.3 Å². The number of halogens is 2. The fourth-order valence-corrected chi connectivity index (χ4v) is 2.04. The lowest BCUT2D eigenvalue weighted by Gasteiger charge is -2.10. The molecule has 0 unspecified atom stereocenters. The van der Waals surface area contributed by atoms with Gasteiger partial charge in [0.1, 0.15) is 6.61 Å². The summed E-state index contributed by atoms with van der Waals surface area (Å²) in [6.07, 6.45) is 0.371. The molecule has 0 fully saturated rings. The van der Waals surface area contributed by atoms with Gasteiger partial charge in [-0.05, 0) is 29.7 Å². The number of hydrogen-bond donors (Lipinski definition) is 1. The molecule has 0 bridgehead atoms. The maximum atomic E-state index is 13.8. The first-order valence-electron chi connectivity index (χ1n) is 5.96. The molecule has 0 heterocycles. The van der Waals surface area contributed by atoms with Crippen molar-refractivity contribution in [1.29, 1.82) is 0 Å². The number of rotatable bonds is 5. The Morgan fingerprint density at radius 1 is 1.11 bits per heavy atom. The van der Waals surface area contributed by atoms with E-state index in [-0.39, 0.29) is 24.0 Å². The zero-order chi connectivity index (χ0) is 13.7. The van der Waals surface area contributed by atoms with Crippen molar-refractivity contribution >= 4 is 11.6 Å². The highest BCUT2D eigenvalue weighted by Gasteiger charge is 2.11. The molecule has 0 aliphatic carbocycles. The van der Waals surface area contributed by atoms with E-state index in [9.17, 15) is 4.39 Å². The summed E-state index contributed by atoms with van der Waals surface area (Å²) in [7, 11) is 0. The molecule has 0 saturated heterocycles. The summed E-state index contributed by atoms with van der Waals surface area (Å²) >= 11 is 5.99. The van der Waals surface area contributed by atoms with Crippen molar-refractivity contribution in [1.82, 2.24) is 0 Å². The predicted molar refractivity (Wildman–Crippen MR) is 73.0 cm³/mol. The average molecular weight is 281 g/mol. The molecule has 1 N–H and O–H groups in total. The Morgan fingerprint density at radius 3 is 2.47 bits per heavy atom. The van der Waals surface area contributed by atoms with E-state index < -0.39 is 5.82 Å². The molecule has 0 saturated carbocycles. The number of aliphatic hydroxyl groups is 1. The van der Waals surface area contributed by atoms with Gasteiger partial charge < -0.3 is 9.84 Å². The molecule has 19 heavy (non-hydrogen) atoms. The predicted octanol–water partition coefficient (Wildman–Crippen LogP) is 3.59. The van der Waals surface area contributed by atoms with E-state index in [2.05, 4.69) is 0 Å².